The van der Waals surface area contributed by atoms with Crippen molar-refractivity contribution >= 4 is 29.3 Å². The fourth-order valence-corrected chi connectivity index (χ4v) is 4.81. The van der Waals surface area contributed by atoms with Crippen LogP contribution in [0.2, 0.25) is 0 Å². The number of hydrogen-bond acceptors (Lipinski definition) is 10. The summed E-state index contributed by atoms with van der Waals surface area (Å²) in [5.74, 6) is -0.125. The van der Waals surface area contributed by atoms with E-state index in [0.29, 0.717) is 29.4 Å². The zero-order chi connectivity index (χ0) is 26.9. The molecule has 0 bridgehead atoms. The second-order valence-electron chi connectivity index (χ2n) is 8.80. The molecule has 3 aromatic rings. The lowest BCUT2D eigenvalue weighted by molar-refractivity contribution is -0.245. The van der Waals surface area contributed by atoms with E-state index in [9.17, 15) is 14.7 Å². The summed E-state index contributed by atoms with van der Waals surface area (Å²) in [6.07, 6.45) is 0.182. The zero-order valence-electron chi connectivity index (χ0n) is 20.8. The smallest absolute Gasteiger partial charge is 0.243 e. The monoisotopic (exact) mass is 542 g/mol. The van der Waals surface area contributed by atoms with E-state index in [2.05, 4.69) is 20.8 Å². The molecule has 2 heterocycles. The van der Waals surface area contributed by atoms with Crippen LogP contribution in [-0.4, -0.2) is 54.2 Å². The Bertz CT molecular complexity index is 1210. The minimum Gasteiger partial charge on any atom is -0.392 e. The molecule has 0 radical (unpaired) electrons. The summed E-state index contributed by atoms with van der Waals surface area (Å²) >= 11 is 1.51. The lowest BCUT2D eigenvalue weighted by atomic mass is 10.0. The van der Waals surface area contributed by atoms with Gasteiger partial charge in [-0.25, -0.2) is 10.2 Å². The van der Waals surface area contributed by atoms with Crippen molar-refractivity contribution in [2.45, 2.75) is 55.9 Å². The highest BCUT2D eigenvalue weighted by molar-refractivity contribution is 7.99. The quantitative estimate of drug-likeness (QED) is 0.161. The number of anilines is 1. The van der Waals surface area contributed by atoms with Gasteiger partial charge in [0.25, 0.3) is 0 Å². The molecule has 3 atom stereocenters. The van der Waals surface area contributed by atoms with Crippen LogP contribution in [0.5, 0.6) is 0 Å². The highest BCUT2D eigenvalue weighted by Gasteiger charge is 2.32. The second kappa shape index (κ2) is 13.4. The molecule has 0 spiro atoms. The van der Waals surface area contributed by atoms with Gasteiger partial charge in [-0.05, 0) is 40.1 Å². The Morgan fingerprint density at radius 3 is 2.42 bits per heavy atom. The molecule has 0 aliphatic carbocycles. The van der Waals surface area contributed by atoms with Crippen molar-refractivity contribution in [2.24, 2.45) is 7.05 Å². The first kappa shape index (κ1) is 27.7. The standard InChI is InChI=1S/C25H30N6O6S/c1-31-25(27-29-30-31)38-15-20-13-21(17-7-5-16(14-32)6-8-17)37-24(36-20)18-9-11-19(12-10-18)26-22(33)3-2-4-23(34)28-35/h5-12,20-21,24,32,35H,2-4,13-15H2,1H3,(H,26,33)(H,28,34)/t20-,21+,24+/m0/s1. The number of aryl methyl sites for hydroxylation is 1. The molecule has 0 saturated carbocycles. The molecule has 1 aromatic heterocycles. The number of rotatable bonds is 11. The molecule has 38 heavy (non-hydrogen) atoms. The Balaban J connectivity index is 1.42. The Morgan fingerprint density at radius 1 is 1.05 bits per heavy atom. The maximum atomic E-state index is 12.2. The number of nitrogens with one attached hydrogen (secondary N) is 2. The number of hydrogen-bond donors (Lipinski definition) is 4. The molecule has 1 saturated heterocycles. The van der Waals surface area contributed by atoms with Crippen LogP contribution in [0.3, 0.4) is 0 Å². The molecule has 4 N–H and O–H groups in total. The molecule has 12 nitrogen and oxygen atoms in total. The van der Waals surface area contributed by atoms with E-state index in [4.69, 9.17) is 14.7 Å². The normalized spacial score (nSPS) is 19.2. The van der Waals surface area contributed by atoms with Crippen molar-refractivity contribution in [2.75, 3.05) is 11.1 Å². The maximum absolute atomic E-state index is 12.2. The van der Waals surface area contributed by atoms with Crippen LogP contribution in [0.25, 0.3) is 0 Å². The van der Waals surface area contributed by atoms with Crippen molar-refractivity contribution in [3.05, 3.63) is 65.2 Å². The Morgan fingerprint density at radius 2 is 1.76 bits per heavy atom. The largest absolute Gasteiger partial charge is 0.392 e. The zero-order valence-corrected chi connectivity index (χ0v) is 21.6. The molecule has 2 amide bonds. The van der Waals surface area contributed by atoms with E-state index in [1.165, 1.54) is 11.8 Å². The third-order valence-corrected chi connectivity index (χ3v) is 7.14. The fraction of sp³-hybridized carbons (Fsp3) is 0.400. The summed E-state index contributed by atoms with van der Waals surface area (Å²) in [6, 6.07) is 14.9. The molecular formula is C25H30N6O6S. The van der Waals surface area contributed by atoms with Gasteiger partial charge in [-0.1, -0.05) is 48.2 Å². The van der Waals surface area contributed by atoms with Crippen LogP contribution in [0, 0.1) is 0 Å². The average molecular weight is 543 g/mol. The predicted molar refractivity (Wildman–Crippen MR) is 137 cm³/mol. The van der Waals surface area contributed by atoms with Gasteiger partial charge < -0.3 is 19.9 Å². The number of benzene rings is 2. The van der Waals surface area contributed by atoms with Gasteiger partial charge in [-0.15, -0.1) is 5.10 Å². The van der Waals surface area contributed by atoms with Gasteiger partial charge >= 0.3 is 0 Å². The third-order valence-electron chi connectivity index (χ3n) is 5.99. The topological polar surface area (TPSA) is 161 Å². The van der Waals surface area contributed by atoms with E-state index < -0.39 is 12.2 Å². The van der Waals surface area contributed by atoms with Crippen molar-refractivity contribution < 1.29 is 29.4 Å². The Hall–Kier alpha value is -3.36. The van der Waals surface area contributed by atoms with Crippen LogP contribution >= 0.6 is 11.8 Å². The molecule has 1 fully saturated rings. The number of tetrazole rings is 1. The number of hydroxylamine groups is 1. The molecular weight excluding hydrogens is 512 g/mol. The molecule has 0 unspecified atom stereocenters. The molecule has 1 aliphatic rings. The van der Waals surface area contributed by atoms with Gasteiger partial charge in [0.1, 0.15) is 0 Å². The van der Waals surface area contributed by atoms with E-state index in [0.717, 1.165) is 16.7 Å². The number of ether oxygens (including phenoxy) is 2. The van der Waals surface area contributed by atoms with Crippen molar-refractivity contribution in [3.63, 3.8) is 0 Å². The highest BCUT2D eigenvalue weighted by atomic mass is 32.2. The van der Waals surface area contributed by atoms with Crippen molar-refractivity contribution in [1.29, 1.82) is 0 Å². The number of thioether (sulfide) groups is 1. The van der Waals surface area contributed by atoms with Crippen LogP contribution in [0.4, 0.5) is 5.69 Å². The summed E-state index contributed by atoms with van der Waals surface area (Å²) in [4.78, 5) is 23.2. The van der Waals surface area contributed by atoms with E-state index >= 15 is 0 Å². The minimum absolute atomic E-state index is 0.0244. The predicted octanol–water partition coefficient (Wildman–Crippen LogP) is 2.65. The van der Waals surface area contributed by atoms with Gasteiger partial charge in [0.15, 0.2) is 6.29 Å². The first-order chi connectivity index (χ1) is 18.4. The number of aliphatic hydroxyl groups is 1. The van der Waals surface area contributed by atoms with Gasteiger partial charge in [0, 0.05) is 43.3 Å². The van der Waals surface area contributed by atoms with Crippen LogP contribution < -0.4 is 10.8 Å². The Labute approximate surface area is 223 Å². The van der Waals surface area contributed by atoms with Gasteiger partial charge in [0.05, 0.1) is 18.8 Å². The summed E-state index contributed by atoms with van der Waals surface area (Å²) in [5.41, 5.74) is 4.78. The highest BCUT2D eigenvalue weighted by Crippen LogP contribution is 2.39. The average Bonchev–Trinajstić information content (AvgIpc) is 3.36. The van der Waals surface area contributed by atoms with E-state index in [1.807, 2.05) is 36.4 Å². The SMILES string of the molecule is Cn1nnnc1SC[C@@H]1C[C@H](c2ccc(CO)cc2)O[C@H](c2ccc(NC(=O)CCCC(=O)NO)cc2)O1. The van der Waals surface area contributed by atoms with E-state index in [1.54, 1.807) is 29.3 Å². The fourth-order valence-electron chi connectivity index (χ4n) is 3.95. The maximum Gasteiger partial charge on any atom is 0.243 e. The molecule has 1 aliphatic heterocycles. The van der Waals surface area contributed by atoms with E-state index in [-0.39, 0.29) is 37.6 Å². The number of aromatic nitrogens is 4. The van der Waals surface area contributed by atoms with Crippen LogP contribution in [0.15, 0.2) is 53.7 Å². The minimum atomic E-state index is -0.628. The molecule has 13 heteroatoms. The van der Waals surface area contributed by atoms with Crippen LogP contribution in [-0.2, 0) is 32.7 Å². The lowest BCUT2D eigenvalue weighted by Crippen LogP contribution is -2.31. The number of nitrogens with zero attached hydrogens (tertiary/aromatic N) is 4. The van der Waals surface area contributed by atoms with Crippen LogP contribution in [0.1, 0.15) is 54.8 Å². The first-order valence-corrected chi connectivity index (χ1v) is 13.1. The number of carbonyl (C=O) groups is 2. The summed E-state index contributed by atoms with van der Waals surface area (Å²) in [5, 5.41) is 33.0. The van der Waals surface area contributed by atoms with Gasteiger partial charge in [-0.2, -0.15) is 0 Å². The Kier molecular flexibility index (Phi) is 9.79. The van der Waals surface area contributed by atoms with Crippen molar-refractivity contribution in [3.8, 4) is 0 Å². The second-order valence-corrected chi connectivity index (χ2v) is 9.79. The molecule has 4 rings (SSSR count). The third kappa shape index (κ3) is 7.58. The molecule has 202 valence electrons. The summed E-state index contributed by atoms with van der Waals surface area (Å²) in [7, 11) is 1.79. The van der Waals surface area contributed by atoms with Gasteiger partial charge in [0.2, 0.25) is 17.0 Å². The lowest BCUT2D eigenvalue weighted by Gasteiger charge is -2.36. The number of carbonyl (C=O) groups excluding carboxylic acids is 2. The van der Waals surface area contributed by atoms with Gasteiger partial charge in [-0.3, -0.25) is 14.8 Å². The number of amides is 2. The summed E-state index contributed by atoms with van der Waals surface area (Å²) in [6.45, 7) is -0.0244. The number of aliphatic hydroxyl groups excluding tert-OH is 1. The van der Waals surface area contributed by atoms with Crippen molar-refractivity contribution in [1.82, 2.24) is 25.7 Å². The molecule has 2 aromatic carbocycles. The summed E-state index contributed by atoms with van der Waals surface area (Å²) < 4.78 is 14.3. The first-order valence-electron chi connectivity index (χ1n) is 12.1.